The van der Waals surface area contributed by atoms with Gasteiger partial charge in [0.1, 0.15) is 5.76 Å². The molecule has 0 aliphatic carbocycles. The van der Waals surface area contributed by atoms with E-state index in [0.29, 0.717) is 17.8 Å². The van der Waals surface area contributed by atoms with E-state index in [1.807, 2.05) is 19.9 Å². The van der Waals surface area contributed by atoms with Crippen molar-refractivity contribution in [3.63, 3.8) is 0 Å². The largest absolute Gasteiger partial charge is 0.452 e. The number of hydrogen-bond acceptors (Lipinski definition) is 3. The van der Waals surface area contributed by atoms with E-state index in [-0.39, 0.29) is 5.41 Å². The molecule has 1 rings (SSSR count). The second-order valence-corrected chi connectivity index (χ2v) is 5.51. The van der Waals surface area contributed by atoms with Gasteiger partial charge in [0.05, 0.1) is 22.5 Å². The van der Waals surface area contributed by atoms with Crippen LogP contribution in [0.1, 0.15) is 19.6 Å². The van der Waals surface area contributed by atoms with Gasteiger partial charge in [0, 0.05) is 6.54 Å². The van der Waals surface area contributed by atoms with Crippen LogP contribution in [0.15, 0.2) is 19.6 Å². The van der Waals surface area contributed by atoms with Crippen LogP contribution in [0.25, 0.3) is 0 Å². The minimum Gasteiger partial charge on any atom is -0.452 e. The highest BCUT2D eigenvalue weighted by atomic mass is 79.9. The number of halogens is 2. The van der Waals surface area contributed by atoms with Gasteiger partial charge >= 0.3 is 0 Å². The van der Waals surface area contributed by atoms with Gasteiger partial charge in [-0.2, -0.15) is 5.26 Å². The smallest absolute Gasteiger partial charge is 0.183 e. The van der Waals surface area contributed by atoms with Gasteiger partial charge < -0.3 is 9.73 Å². The summed E-state index contributed by atoms with van der Waals surface area (Å²) in [4.78, 5) is 0. The molecule has 0 saturated carbocycles. The number of hydrogen-bond donors (Lipinski definition) is 1. The van der Waals surface area contributed by atoms with Gasteiger partial charge in [-0.05, 0) is 51.8 Å². The third-order valence-corrected chi connectivity index (χ3v) is 3.58. The molecule has 0 aliphatic rings. The third kappa shape index (κ3) is 3.98. The zero-order valence-electron chi connectivity index (χ0n) is 8.60. The van der Waals surface area contributed by atoms with Crippen molar-refractivity contribution in [1.29, 1.82) is 5.26 Å². The second kappa shape index (κ2) is 5.15. The van der Waals surface area contributed by atoms with E-state index in [0.717, 1.165) is 10.2 Å². The molecule has 1 aromatic heterocycles. The van der Waals surface area contributed by atoms with E-state index in [1.54, 1.807) is 0 Å². The number of rotatable bonds is 4. The van der Waals surface area contributed by atoms with Crippen molar-refractivity contribution in [1.82, 2.24) is 5.32 Å². The van der Waals surface area contributed by atoms with Crippen LogP contribution in [-0.4, -0.2) is 6.54 Å². The molecule has 0 aromatic carbocycles. The van der Waals surface area contributed by atoms with Crippen molar-refractivity contribution >= 4 is 31.9 Å². The van der Waals surface area contributed by atoms with Crippen molar-refractivity contribution in [3.8, 4) is 6.07 Å². The summed E-state index contributed by atoms with van der Waals surface area (Å²) in [6, 6.07) is 4.13. The molecule has 0 unspecified atom stereocenters. The topological polar surface area (TPSA) is 49.0 Å². The summed E-state index contributed by atoms with van der Waals surface area (Å²) < 4.78 is 6.98. The van der Waals surface area contributed by atoms with E-state index < -0.39 is 0 Å². The minimum atomic E-state index is -0.346. The minimum absolute atomic E-state index is 0.346. The van der Waals surface area contributed by atoms with Crippen LogP contribution in [0.2, 0.25) is 0 Å². The summed E-state index contributed by atoms with van der Waals surface area (Å²) in [7, 11) is 0. The standard InChI is InChI=1S/C10H12Br2N2O/c1-10(2,5-13)6-14-4-7-3-8(11)9(12)15-7/h3,14H,4,6H2,1-2H3. The number of nitriles is 1. The van der Waals surface area contributed by atoms with E-state index >= 15 is 0 Å². The van der Waals surface area contributed by atoms with Crippen molar-refractivity contribution in [2.75, 3.05) is 6.54 Å². The molecule has 15 heavy (non-hydrogen) atoms. The molecule has 1 aromatic rings. The lowest BCUT2D eigenvalue weighted by Crippen LogP contribution is -2.27. The fraction of sp³-hybridized carbons (Fsp3) is 0.500. The Kier molecular flexibility index (Phi) is 4.38. The third-order valence-electron chi connectivity index (χ3n) is 1.87. The quantitative estimate of drug-likeness (QED) is 0.916. The highest BCUT2D eigenvalue weighted by molar-refractivity contribution is 9.13. The predicted molar refractivity (Wildman–Crippen MR) is 65.2 cm³/mol. The van der Waals surface area contributed by atoms with Crippen molar-refractivity contribution < 1.29 is 4.42 Å². The number of nitrogens with one attached hydrogen (secondary N) is 1. The predicted octanol–water partition coefficient (Wildman–Crippen LogP) is 3.44. The van der Waals surface area contributed by atoms with Gasteiger partial charge in [0.2, 0.25) is 0 Å². The molecule has 0 fully saturated rings. The molecular weight excluding hydrogens is 324 g/mol. The Hall–Kier alpha value is -0.310. The first-order chi connectivity index (χ1) is 6.94. The Balaban J connectivity index is 2.42. The van der Waals surface area contributed by atoms with E-state index in [1.165, 1.54) is 0 Å². The summed E-state index contributed by atoms with van der Waals surface area (Å²) in [6.07, 6.45) is 0. The maximum Gasteiger partial charge on any atom is 0.183 e. The average molecular weight is 336 g/mol. The van der Waals surface area contributed by atoms with Crippen molar-refractivity contribution in [3.05, 3.63) is 21.0 Å². The van der Waals surface area contributed by atoms with Crippen LogP contribution < -0.4 is 5.32 Å². The fourth-order valence-electron chi connectivity index (χ4n) is 1.02. The Morgan fingerprint density at radius 2 is 2.20 bits per heavy atom. The highest BCUT2D eigenvalue weighted by Gasteiger charge is 2.16. The fourth-order valence-corrected chi connectivity index (χ4v) is 1.67. The normalized spacial score (nSPS) is 11.4. The van der Waals surface area contributed by atoms with Crippen LogP contribution in [0, 0.1) is 16.7 Å². The molecule has 0 radical (unpaired) electrons. The van der Waals surface area contributed by atoms with E-state index in [9.17, 15) is 0 Å². The molecular formula is C10H12Br2N2O. The van der Waals surface area contributed by atoms with Crippen LogP contribution >= 0.6 is 31.9 Å². The Morgan fingerprint density at radius 1 is 1.53 bits per heavy atom. The van der Waals surface area contributed by atoms with Crippen molar-refractivity contribution in [2.45, 2.75) is 20.4 Å². The molecule has 5 heteroatoms. The SMILES string of the molecule is CC(C)(C#N)CNCc1cc(Br)c(Br)o1. The van der Waals surface area contributed by atoms with Crippen LogP contribution in [0.3, 0.4) is 0 Å². The Bertz CT molecular complexity index is 360. The first-order valence-corrected chi connectivity index (χ1v) is 6.09. The molecule has 0 spiro atoms. The monoisotopic (exact) mass is 334 g/mol. The van der Waals surface area contributed by atoms with Gasteiger partial charge in [-0.25, -0.2) is 0 Å². The van der Waals surface area contributed by atoms with Crippen LogP contribution in [0.4, 0.5) is 0 Å². The average Bonchev–Trinajstić information content (AvgIpc) is 2.46. The molecule has 0 aliphatic heterocycles. The summed E-state index contributed by atoms with van der Waals surface area (Å²) in [5, 5.41) is 12.0. The van der Waals surface area contributed by atoms with Gasteiger partial charge in [-0.3, -0.25) is 0 Å². The maximum atomic E-state index is 8.81. The van der Waals surface area contributed by atoms with Crippen molar-refractivity contribution in [2.24, 2.45) is 5.41 Å². The van der Waals surface area contributed by atoms with E-state index in [4.69, 9.17) is 9.68 Å². The zero-order valence-corrected chi connectivity index (χ0v) is 11.8. The molecule has 82 valence electrons. The second-order valence-electron chi connectivity index (χ2n) is 3.93. The molecule has 1 heterocycles. The number of furan rings is 1. The molecule has 0 amide bonds. The van der Waals surface area contributed by atoms with Crippen LogP contribution in [0.5, 0.6) is 0 Å². The Morgan fingerprint density at radius 3 is 2.67 bits per heavy atom. The van der Waals surface area contributed by atoms with Gasteiger partial charge in [0.25, 0.3) is 0 Å². The number of nitrogens with zero attached hydrogens (tertiary/aromatic N) is 1. The summed E-state index contributed by atoms with van der Waals surface area (Å²) in [5.74, 6) is 0.836. The summed E-state index contributed by atoms with van der Waals surface area (Å²) in [5.41, 5.74) is -0.346. The molecule has 3 nitrogen and oxygen atoms in total. The first kappa shape index (κ1) is 12.8. The lowest BCUT2D eigenvalue weighted by atomic mass is 9.96. The molecule has 0 saturated heterocycles. The lowest BCUT2D eigenvalue weighted by Gasteiger charge is -2.14. The molecule has 0 bridgehead atoms. The maximum absolute atomic E-state index is 8.81. The first-order valence-electron chi connectivity index (χ1n) is 4.50. The Labute approximate surface area is 106 Å². The highest BCUT2D eigenvalue weighted by Crippen LogP contribution is 2.26. The van der Waals surface area contributed by atoms with Gasteiger partial charge in [-0.15, -0.1) is 0 Å². The van der Waals surface area contributed by atoms with Gasteiger partial charge in [-0.1, -0.05) is 0 Å². The summed E-state index contributed by atoms with van der Waals surface area (Å²) >= 11 is 6.61. The van der Waals surface area contributed by atoms with Gasteiger partial charge in [0.15, 0.2) is 4.67 Å². The van der Waals surface area contributed by atoms with E-state index in [2.05, 4.69) is 43.2 Å². The zero-order chi connectivity index (χ0) is 11.5. The lowest BCUT2D eigenvalue weighted by molar-refractivity contribution is 0.411. The molecule has 1 N–H and O–H groups in total. The summed E-state index contributed by atoms with van der Waals surface area (Å²) in [6.45, 7) is 5.05. The van der Waals surface area contributed by atoms with Crippen LogP contribution in [-0.2, 0) is 6.54 Å². The molecule has 0 atom stereocenters.